The van der Waals surface area contributed by atoms with E-state index < -0.39 is 0 Å². The van der Waals surface area contributed by atoms with Gasteiger partial charge in [-0.05, 0) is 19.3 Å². The molecular formula is C14H19N5OS. The molecule has 0 aromatic carbocycles. The Kier molecular flexibility index (Phi) is 4.03. The minimum Gasteiger partial charge on any atom is -0.393 e. The Morgan fingerprint density at radius 1 is 1.38 bits per heavy atom. The maximum absolute atomic E-state index is 9.40. The summed E-state index contributed by atoms with van der Waals surface area (Å²) < 4.78 is 0. The summed E-state index contributed by atoms with van der Waals surface area (Å²) >= 11 is 1.64. The average molecular weight is 305 g/mol. The highest BCUT2D eigenvalue weighted by Gasteiger charge is 2.30. The van der Waals surface area contributed by atoms with Crippen molar-refractivity contribution >= 4 is 23.1 Å². The SMILES string of the molecule is CCc1csc(CNc2cc(C3CC(O)C3)nc(N)n2)n1. The fraction of sp³-hybridized carbons (Fsp3) is 0.500. The predicted octanol–water partition coefficient (Wildman–Crippen LogP) is 1.93. The first-order chi connectivity index (χ1) is 10.1. The van der Waals surface area contributed by atoms with Gasteiger partial charge in [-0.15, -0.1) is 11.3 Å². The third kappa shape index (κ3) is 3.30. The Bertz CT molecular complexity index is 624. The zero-order chi connectivity index (χ0) is 14.8. The van der Waals surface area contributed by atoms with Gasteiger partial charge in [0.05, 0.1) is 24.0 Å². The lowest BCUT2D eigenvalue weighted by atomic mass is 9.80. The van der Waals surface area contributed by atoms with Crippen molar-refractivity contribution < 1.29 is 5.11 Å². The van der Waals surface area contributed by atoms with Crippen LogP contribution in [-0.4, -0.2) is 26.2 Å². The second-order valence-corrected chi connectivity index (χ2v) is 6.24. The molecule has 0 spiro atoms. The highest BCUT2D eigenvalue weighted by molar-refractivity contribution is 7.09. The summed E-state index contributed by atoms with van der Waals surface area (Å²) in [6.45, 7) is 2.73. The molecule has 7 heteroatoms. The Morgan fingerprint density at radius 2 is 2.19 bits per heavy atom. The van der Waals surface area contributed by atoms with Gasteiger partial charge in [-0.25, -0.2) is 9.97 Å². The molecule has 2 aromatic heterocycles. The predicted molar refractivity (Wildman–Crippen MR) is 83.2 cm³/mol. The fourth-order valence-electron chi connectivity index (χ4n) is 2.37. The van der Waals surface area contributed by atoms with E-state index in [-0.39, 0.29) is 18.0 Å². The molecule has 1 aliphatic rings. The van der Waals surface area contributed by atoms with Crippen molar-refractivity contribution in [1.82, 2.24) is 15.0 Å². The molecule has 3 rings (SSSR count). The van der Waals surface area contributed by atoms with Crippen LogP contribution in [-0.2, 0) is 13.0 Å². The molecule has 112 valence electrons. The lowest BCUT2D eigenvalue weighted by molar-refractivity contribution is 0.0732. The van der Waals surface area contributed by atoms with Crippen molar-refractivity contribution in [2.24, 2.45) is 0 Å². The van der Waals surface area contributed by atoms with Crippen LogP contribution in [0.3, 0.4) is 0 Å². The quantitative estimate of drug-likeness (QED) is 0.781. The van der Waals surface area contributed by atoms with Gasteiger partial charge in [-0.2, -0.15) is 4.98 Å². The van der Waals surface area contributed by atoms with Crippen LogP contribution in [0.5, 0.6) is 0 Å². The van der Waals surface area contributed by atoms with Crippen LogP contribution in [0.2, 0.25) is 0 Å². The van der Waals surface area contributed by atoms with Crippen LogP contribution in [0.4, 0.5) is 11.8 Å². The molecule has 2 aromatic rings. The van der Waals surface area contributed by atoms with Crippen molar-refractivity contribution in [1.29, 1.82) is 0 Å². The largest absolute Gasteiger partial charge is 0.393 e. The van der Waals surface area contributed by atoms with E-state index >= 15 is 0 Å². The van der Waals surface area contributed by atoms with E-state index in [2.05, 4.69) is 32.6 Å². The van der Waals surface area contributed by atoms with E-state index in [4.69, 9.17) is 5.73 Å². The van der Waals surface area contributed by atoms with Crippen LogP contribution in [0, 0.1) is 0 Å². The summed E-state index contributed by atoms with van der Waals surface area (Å²) in [6.07, 6.45) is 2.25. The van der Waals surface area contributed by atoms with Crippen molar-refractivity contribution in [3.8, 4) is 0 Å². The molecule has 21 heavy (non-hydrogen) atoms. The highest BCUT2D eigenvalue weighted by atomic mass is 32.1. The summed E-state index contributed by atoms with van der Waals surface area (Å²) in [5.41, 5.74) is 7.79. The number of nitrogens with one attached hydrogen (secondary N) is 1. The molecule has 0 amide bonds. The highest BCUT2D eigenvalue weighted by Crippen LogP contribution is 2.36. The number of aliphatic hydroxyl groups excluding tert-OH is 1. The Morgan fingerprint density at radius 3 is 2.86 bits per heavy atom. The molecule has 0 radical (unpaired) electrons. The third-order valence-electron chi connectivity index (χ3n) is 3.68. The molecule has 0 bridgehead atoms. The van der Waals surface area contributed by atoms with Crippen molar-refractivity contribution in [3.05, 3.63) is 27.8 Å². The molecule has 0 unspecified atom stereocenters. The summed E-state index contributed by atoms with van der Waals surface area (Å²) in [5.74, 6) is 1.27. The Hall–Kier alpha value is -1.73. The van der Waals surface area contributed by atoms with Crippen molar-refractivity contribution in [2.45, 2.75) is 44.8 Å². The Balaban J connectivity index is 1.67. The standard InChI is InChI=1S/C14H19N5OS/c1-2-9-7-21-13(17-9)6-16-12-5-11(18-14(15)19-12)8-3-10(20)4-8/h5,7-8,10,20H,2-4,6H2,1H3,(H3,15,16,18,19). The summed E-state index contributed by atoms with van der Waals surface area (Å²) in [5, 5.41) is 15.8. The average Bonchev–Trinajstić information content (AvgIpc) is 2.89. The van der Waals surface area contributed by atoms with E-state index in [1.807, 2.05) is 6.07 Å². The van der Waals surface area contributed by atoms with Crippen LogP contribution in [0.1, 0.15) is 42.1 Å². The molecule has 4 N–H and O–H groups in total. The minimum absolute atomic E-state index is 0.203. The number of aryl methyl sites for hydroxylation is 1. The summed E-state index contributed by atoms with van der Waals surface area (Å²) in [4.78, 5) is 13.0. The first-order valence-corrected chi connectivity index (χ1v) is 8.01. The number of rotatable bonds is 5. The number of thiazole rings is 1. The zero-order valence-corrected chi connectivity index (χ0v) is 12.7. The summed E-state index contributed by atoms with van der Waals surface area (Å²) in [7, 11) is 0. The fourth-order valence-corrected chi connectivity index (χ4v) is 3.19. The van der Waals surface area contributed by atoms with Gasteiger partial charge >= 0.3 is 0 Å². The number of nitrogens with two attached hydrogens (primary N) is 1. The van der Waals surface area contributed by atoms with Crippen molar-refractivity contribution in [3.63, 3.8) is 0 Å². The second-order valence-electron chi connectivity index (χ2n) is 5.30. The van der Waals surface area contributed by atoms with Crippen LogP contribution >= 0.6 is 11.3 Å². The zero-order valence-electron chi connectivity index (χ0n) is 11.9. The monoisotopic (exact) mass is 305 g/mol. The molecule has 6 nitrogen and oxygen atoms in total. The molecule has 0 aliphatic heterocycles. The van der Waals surface area contributed by atoms with Crippen LogP contribution < -0.4 is 11.1 Å². The van der Waals surface area contributed by atoms with Gasteiger partial charge in [-0.3, -0.25) is 0 Å². The normalized spacial score (nSPS) is 21.0. The number of anilines is 2. The Labute approximate surface area is 127 Å². The van der Waals surface area contributed by atoms with Gasteiger partial charge in [0.1, 0.15) is 10.8 Å². The molecule has 1 fully saturated rings. The second kappa shape index (κ2) is 5.95. The molecule has 0 saturated heterocycles. The van der Waals surface area contributed by atoms with Gasteiger partial charge in [0, 0.05) is 17.4 Å². The number of nitrogens with zero attached hydrogens (tertiary/aromatic N) is 3. The first-order valence-electron chi connectivity index (χ1n) is 7.13. The lowest BCUT2D eigenvalue weighted by Crippen LogP contribution is -2.27. The van der Waals surface area contributed by atoms with Crippen molar-refractivity contribution in [2.75, 3.05) is 11.1 Å². The van der Waals surface area contributed by atoms with Gasteiger partial charge in [-0.1, -0.05) is 6.92 Å². The number of aromatic nitrogens is 3. The summed E-state index contributed by atoms with van der Waals surface area (Å²) in [6, 6.07) is 1.92. The third-order valence-corrected chi connectivity index (χ3v) is 4.57. The maximum Gasteiger partial charge on any atom is 0.222 e. The van der Waals surface area contributed by atoms with Gasteiger partial charge in [0.15, 0.2) is 0 Å². The van der Waals surface area contributed by atoms with E-state index in [1.165, 1.54) is 0 Å². The number of nitrogen functional groups attached to an aromatic ring is 1. The van der Waals surface area contributed by atoms with Gasteiger partial charge in [0.25, 0.3) is 0 Å². The first kappa shape index (κ1) is 14.2. The van der Waals surface area contributed by atoms with E-state index in [0.29, 0.717) is 12.4 Å². The molecule has 1 aliphatic carbocycles. The van der Waals surface area contributed by atoms with E-state index in [0.717, 1.165) is 35.7 Å². The molecule has 0 atom stereocenters. The van der Waals surface area contributed by atoms with Crippen LogP contribution in [0.15, 0.2) is 11.4 Å². The minimum atomic E-state index is -0.203. The van der Waals surface area contributed by atoms with E-state index in [1.54, 1.807) is 11.3 Å². The number of hydrogen-bond donors (Lipinski definition) is 3. The van der Waals surface area contributed by atoms with Crippen LogP contribution in [0.25, 0.3) is 0 Å². The van der Waals surface area contributed by atoms with Gasteiger partial charge < -0.3 is 16.2 Å². The smallest absolute Gasteiger partial charge is 0.222 e. The maximum atomic E-state index is 9.40. The molecular weight excluding hydrogens is 286 g/mol. The molecule has 2 heterocycles. The van der Waals surface area contributed by atoms with E-state index in [9.17, 15) is 5.11 Å². The molecule has 1 saturated carbocycles. The topological polar surface area (TPSA) is 97.0 Å². The lowest BCUT2D eigenvalue weighted by Gasteiger charge is -2.30. The number of aliphatic hydroxyl groups is 1. The van der Waals surface area contributed by atoms with Gasteiger partial charge in [0.2, 0.25) is 5.95 Å². The number of hydrogen-bond acceptors (Lipinski definition) is 7.